The highest BCUT2D eigenvalue weighted by atomic mass is 14.9. The summed E-state index contributed by atoms with van der Waals surface area (Å²) in [5.74, 6) is 0.956. The van der Waals surface area contributed by atoms with Crippen LogP contribution in [0, 0.1) is 11.3 Å². The fraction of sp³-hybridized carbons (Fsp3) is 1.00. The van der Waals surface area contributed by atoms with Crippen molar-refractivity contribution in [3.05, 3.63) is 0 Å². The normalized spacial score (nSPS) is 27.4. The maximum atomic E-state index is 3.68. The van der Waals surface area contributed by atoms with E-state index in [1.807, 2.05) is 0 Å². The lowest BCUT2D eigenvalue weighted by atomic mass is 9.68. The summed E-state index contributed by atoms with van der Waals surface area (Å²) in [6, 6.07) is 0.749. The maximum absolute atomic E-state index is 3.68. The number of nitrogens with one attached hydrogen (secondary N) is 1. The van der Waals surface area contributed by atoms with Gasteiger partial charge in [-0.05, 0) is 69.7 Å². The predicted molar refractivity (Wildman–Crippen MR) is 70.6 cm³/mol. The molecule has 1 spiro atoms. The molecule has 0 bridgehead atoms. The number of hydrogen-bond acceptors (Lipinski definition) is 1. The van der Waals surface area contributed by atoms with Crippen molar-refractivity contribution < 1.29 is 0 Å². The van der Waals surface area contributed by atoms with Gasteiger partial charge in [0.25, 0.3) is 0 Å². The quantitative estimate of drug-likeness (QED) is 0.756. The van der Waals surface area contributed by atoms with Gasteiger partial charge in [0.2, 0.25) is 0 Å². The van der Waals surface area contributed by atoms with Gasteiger partial charge in [0.1, 0.15) is 0 Å². The summed E-state index contributed by atoms with van der Waals surface area (Å²) < 4.78 is 0. The van der Waals surface area contributed by atoms with E-state index in [0.717, 1.165) is 17.4 Å². The van der Waals surface area contributed by atoms with Gasteiger partial charge in [0.15, 0.2) is 0 Å². The molecular weight excluding hydrogens is 194 g/mol. The lowest BCUT2D eigenvalue weighted by Gasteiger charge is -2.39. The first-order valence-corrected chi connectivity index (χ1v) is 7.49. The molecule has 1 N–H and O–H groups in total. The number of hydrogen-bond donors (Lipinski definition) is 1. The van der Waals surface area contributed by atoms with Gasteiger partial charge < -0.3 is 5.32 Å². The van der Waals surface area contributed by atoms with E-state index in [1.54, 1.807) is 0 Å². The van der Waals surface area contributed by atoms with Crippen LogP contribution < -0.4 is 5.32 Å². The topological polar surface area (TPSA) is 12.0 Å². The molecule has 2 saturated carbocycles. The molecular formula is C15H29N. The second kappa shape index (κ2) is 5.53. The van der Waals surface area contributed by atoms with Crippen LogP contribution in [0.3, 0.4) is 0 Å². The van der Waals surface area contributed by atoms with Crippen LogP contribution >= 0.6 is 0 Å². The highest BCUT2D eigenvalue weighted by Gasteiger charge is 2.38. The molecule has 94 valence electrons. The first-order chi connectivity index (χ1) is 7.76. The summed E-state index contributed by atoms with van der Waals surface area (Å²) in [5, 5.41) is 3.68. The lowest BCUT2D eigenvalue weighted by Crippen LogP contribution is -2.38. The van der Waals surface area contributed by atoms with Gasteiger partial charge >= 0.3 is 0 Å². The average Bonchev–Trinajstić information content (AvgIpc) is 2.75. The fourth-order valence-corrected chi connectivity index (χ4v) is 3.92. The van der Waals surface area contributed by atoms with Crippen LogP contribution in [-0.4, -0.2) is 12.6 Å². The molecule has 1 nitrogen and oxygen atoms in total. The second-order valence-corrected chi connectivity index (χ2v) is 6.29. The summed E-state index contributed by atoms with van der Waals surface area (Å²) in [4.78, 5) is 0. The van der Waals surface area contributed by atoms with Gasteiger partial charge in [-0.1, -0.05) is 19.8 Å². The van der Waals surface area contributed by atoms with Gasteiger partial charge in [-0.3, -0.25) is 0 Å². The predicted octanol–water partition coefficient (Wildman–Crippen LogP) is 4.13. The Kier molecular flexibility index (Phi) is 4.29. The molecule has 0 amide bonds. The Bertz CT molecular complexity index is 195. The summed E-state index contributed by atoms with van der Waals surface area (Å²) in [7, 11) is 0. The van der Waals surface area contributed by atoms with Crippen LogP contribution in [0.25, 0.3) is 0 Å². The van der Waals surface area contributed by atoms with E-state index >= 15 is 0 Å². The Balaban J connectivity index is 1.75. The van der Waals surface area contributed by atoms with Crippen molar-refractivity contribution in [3.63, 3.8) is 0 Å². The Morgan fingerprint density at radius 1 is 1.12 bits per heavy atom. The van der Waals surface area contributed by atoms with E-state index in [2.05, 4.69) is 19.2 Å². The molecule has 2 aliphatic rings. The van der Waals surface area contributed by atoms with Crippen LogP contribution in [0.1, 0.15) is 71.6 Å². The standard InChI is InChI=1S/C15H29N/c1-3-12-16-13(2)14-6-10-15(11-7-14)8-4-5-9-15/h13-14,16H,3-12H2,1-2H3. The molecule has 2 aliphatic carbocycles. The first-order valence-electron chi connectivity index (χ1n) is 7.49. The average molecular weight is 223 g/mol. The van der Waals surface area contributed by atoms with Crippen molar-refractivity contribution in [3.8, 4) is 0 Å². The van der Waals surface area contributed by atoms with E-state index in [4.69, 9.17) is 0 Å². The molecule has 0 heterocycles. The van der Waals surface area contributed by atoms with Crippen LogP contribution in [0.4, 0.5) is 0 Å². The van der Waals surface area contributed by atoms with Crippen LogP contribution in [0.5, 0.6) is 0 Å². The van der Waals surface area contributed by atoms with Gasteiger partial charge in [-0.25, -0.2) is 0 Å². The minimum absolute atomic E-state index is 0.749. The van der Waals surface area contributed by atoms with E-state index in [0.29, 0.717) is 0 Å². The van der Waals surface area contributed by atoms with Crippen molar-refractivity contribution in [1.29, 1.82) is 0 Å². The molecule has 1 heteroatoms. The van der Waals surface area contributed by atoms with E-state index in [-0.39, 0.29) is 0 Å². The third-order valence-corrected chi connectivity index (χ3v) is 5.18. The molecule has 16 heavy (non-hydrogen) atoms. The zero-order chi connectivity index (χ0) is 11.4. The van der Waals surface area contributed by atoms with Crippen molar-refractivity contribution >= 4 is 0 Å². The third-order valence-electron chi connectivity index (χ3n) is 5.18. The zero-order valence-electron chi connectivity index (χ0n) is 11.2. The van der Waals surface area contributed by atoms with Gasteiger partial charge in [0.05, 0.1) is 0 Å². The molecule has 2 fully saturated rings. The summed E-state index contributed by atoms with van der Waals surface area (Å²) >= 11 is 0. The highest BCUT2D eigenvalue weighted by Crippen LogP contribution is 2.50. The zero-order valence-corrected chi connectivity index (χ0v) is 11.2. The van der Waals surface area contributed by atoms with E-state index in [9.17, 15) is 0 Å². The minimum Gasteiger partial charge on any atom is -0.314 e. The monoisotopic (exact) mass is 223 g/mol. The first kappa shape index (κ1) is 12.4. The maximum Gasteiger partial charge on any atom is 0.00670 e. The lowest BCUT2D eigenvalue weighted by molar-refractivity contribution is 0.136. The fourth-order valence-electron chi connectivity index (χ4n) is 3.92. The second-order valence-electron chi connectivity index (χ2n) is 6.29. The van der Waals surface area contributed by atoms with Crippen molar-refractivity contribution in [2.75, 3.05) is 6.54 Å². The highest BCUT2D eigenvalue weighted by molar-refractivity contribution is 4.91. The van der Waals surface area contributed by atoms with Crippen LogP contribution in [-0.2, 0) is 0 Å². The van der Waals surface area contributed by atoms with Crippen molar-refractivity contribution in [2.24, 2.45) is 11.3 Å². The van der Waals surface area contributed by atoms with Crippen LogP contribution in [0.15, 0.2) is 0 Å². The molecule has 0 aromatic carbocycles. The van der Waals surface area contributed by atoms with Gasteiger partial charge in [-0.15, -0.1) is 0 Å². The van der Waals surface area contributed by atoms with Crippen molar-refractivity contribution in [1.82, 2.24) is 5.32 Å². The molecule has 1 atom stereocenters. The molecule has 1 unspecified atom stereocenters. The molecule has 0 aromatic heterocycles. The molecule has 0 aliphatic heterocycles. The Hall–Kier alpha value is -0.0400. The molecule has 2 rings (SSSR count). The van der Waals surface area contributed by atoms with Crippen molar-refractivity contribution in [2.45, 2.75) is 77.7 Å². The Morgan fingerprint density at radius 2 is 1.75 bits per heavy atom. The third kappa shape index (κ3) is 2.80. The van der Waals surface area contributed by atoms with E-state index in [1.165, 1.54) is 64.3 Å². The summed E-state index contributed by atoms with van der Waals surface area (Å²) in [5.41, 5.74) is 0.807. The molecule has 0 saturated heterocycles. The smallest absolute Gasteiger partial charge is 0.00670 e. The summed E-state index contributed by atoms with van der Waals surface area (Å²) in [6.45, 7) is 5.85. The largest absolute Gasteiger partial charge is 0.314 e. The summed E-state index contributed by atoms with van der Waals surface area (Å²) in [6.07, 6.45) is 13.4. The molecule has 0 radical (unpaired) electrons. The number of rotatable bonds is 4. The van der Waals surface area contributed by atoms with Gasteiger partial charge in [-0.2, -0.15) is 0 Å². The minimum atomic E-state index is 0.749. The Labute approximate surface area is 101 Å². The molecule has 0 aromatic rings. The Morgan fingerprint density at radius 3 is 2.31 bits per heavy atom. The van der Waals surface area contributed by atoms with Gasteiger partial charge in [0, 0.05) is 6.04 Å². The SMILES string of the molecule is CCCNC(C)C1CCC2(CCCC2)CC1. The van der Waals surface area contributed by atoms with E-state index < -0.39 is 0 Å². The van der Waals surface area contributed by atoms with Crippen LogP contribution in [0.2, 0.25) is 0 Å².